The number of halogens is 1. The van der Waals surface area contributed by atoms with E-state index >= 15 is 0 Å². The number of Topliss-reactive ketones (excluding diaryl/α,β-unsaturated/α-hetero) is 1. The average Bonchev–Trinajstić information content (AvgIpc) is 2.61. The third kappa shape index (κ3) is 3.63. The summed E-state index contributed by atoms with van der Waals surface area (Å²) in [6.07, 6.45) is 1.86. The van der Waals surface area contributed by atoms with Crippen molar-refractivity contribution in [3.8, 4) is 11.5 Å². The number of aryl methyl sites for hydroxylation is 1. The van der Waals surface area contributed by atoms with Crippen LogP contribution < -0.4 is 4.74 Å². The third-order valence-corrected chi connectivity index (χ3v) is 5.17. The van der Waals surface area contributed by atoms with Crippen molar-refractivity contribution in [1.29, 1.82) is 0 Å². The molecule has 0 aliphatic heterocycles. The van der Waals surface area contributed by atoms with Gasteiger partial charge in [0.1, 0.15) is 17.3 Å². The zero-order valence-corrected chi connectivity index (χ0v) is 16.1. The molecule has 4 heteroatoms. The summed E-state index contributed by atoms with van der Waals surface area (Å²) in [6.45, 7) is 5.97. The summed E-state index contributed by atoms with van der Waals surface area (Å²) in [4.78, 5) is 12.6. The lowest BCUT2D eigenvalue weighted by Gasteiger charge is -2.31. The average molecular weight is 371 g/mol. The molecule has 26 heavy (non-hydrogen) atoms. The number of rotatable bonds is 4. The molecule has 0 saturated carbocycles. The topological polar surface area (TPSA) is 46.5 Å². The van der Waals surface area contributed by atoms with Gasteiger partial charge in [0.25, 0.3) is 0 Å². The minimum absolute atomic E-state index is 0.0137. The summed E-state index contributed by atoms with van der Waals surface area (Å²) in [6, 6.07) is 12.8. The Bertz CT molecular complexity index is 863. The summed E-state index contributed by atoms with van der Waals surface area (Å²) in [7, 11) is 0. The predicted octanol–water partition coefficient (Wildman–Crippen LogP) is 6.35. The van der Waals surface area contributed by atoms with Crippen LogP contribution in [-0.2, 0) is 11.2 Å². The Morgan fingerprint density at radius 1 is 1.12 bits per heavy atom. The van der Waals surface area contributed by atoms with Crippen molar-refractivity contribution in [3.63, 3.8) is 0 Å². The fourth-order valence-electron chi connectivity index (χ4n) is 3.22. The van der Waals surface area contributed by atoms with Crippen LogP contribution in [0.25, 0.3) is 5.57 Å². The highest BCUT2D eigenvalue weighted by molar-refractivity contribution is 6.30. The van der Waals surface area contributed by atoms with Crippen molar-refractivity contribution < 1.29 is 14.6 Å². The molecule has 0 bridgehead atoms. The Hall–Kier alpha value is -2.26. The Labute approximate surface area is 159 Å². The fraction of sp³-hybridized carbons (Fsp3) is 0.318. The van der Waals surface area contributed by atoms with Crippen LogP contribution in [0.3, 0.4) is 0 Å². The summed E-state index contributed by atoms with van der Waals surface area (Å²) >= 11 is 5.91. The van der Waals surface area contributed by atoms with E-state index in [0.717, 1.165) is 17.5 Å². The maximum atomic E-state index is 12.6. The van der Waals surface area contributed by atoms with Gasteiger partial charge >= 0.3 is 0 Å². The number of ketones is 1. The molecule has 0 atom stereocenters. The van der Waals surface area contributed by atoms with Gasteiger partial charge in [0, 0.05) is 16.9 Å². The molecular formula is C22H23ClO3. The molecule has 0 fully saturated rings. The normalized spacial score (nSPS) is 16.7. The lowest BCUT2D eigenvalue weighted by atomic mass is 9.74. The van der Waals surface area contributed by atoms with Crippen LogP contribution in [-0.4, -0.2) is 10.9 Å². The monoisotopic (exact) mass is 370 g/mol. The quantitative estimate of drug-likeness (QED) is 0.681. The number of hydrogen-bond donors (Lipinski definition) is 1. The van der Waals surface area contributed by atoms with Gasteiger partial charge in [-0.15, -0.1) is 0 Å². The first-order valence-corrected chi connectivity index (χ1v) is 9.23. The molecule has 0 radical (unpaired) electrons. The predicted molar refractivity (Wildman–Crippen MR) is 105 cm³/mol. The molecule has 136 valence electrons. The first kappa shape index (κ1) is 18.5. The zero-order chi connectivity index (χ0) is 18.9. The number of carbonyl (C=O) groups is 1. The van der Waals surface area contributed by atoms with Gasteiger partial charge < -0.3 is 9.84 Å². The van der Waals surface area contributed by atoms with Gasteiger partial charge in [0.05, 0.1) is 5.57 Å². The molecule has 0 unspecified atom stereocenters. The van der Waals surface area contributed by atoms with E-state index in [1.54, 1.807) is 24.3 Å². The fourth-order valence-corrected chi connectivity index (χ4v) is 3.34. The van der Waals surface area contributed by atoms with Crippen LogP contribution in [0.15, 0.2) is 48.2 Å². The number of hydrogen-bond acceptors (Lipinski definition) is 3. The molecule has 1 aliphatic rings. The number of aliphatic hydroxyl groups excluding tert-OH is 1. The van der Waals surface area contributed by atoms with Crippen molar-refractivity contribution in [2.75, 3.05) is 0 Å². The molecule has 3 rings (SSSR count). The SMILES string of the molecule is CCc1ccc(Oc2ccc(Cl)cc2)cc1C1=C(O)C(C)(C)CCC1=O. The van der Waals surface area contributed by atoms with E-state index < -0.39 is 5.41 Å². The van der Waals surface area contributed by atoms with E-state index in [2.05, 4.69) is 0 Å². The summed E-state index contributed by atoms with van der Waals surface area (Å²) in [5.41, 5.74) is 1.80. The second-order valence-corrected chi connectivity index (χ2v) is 7.70. The van der Waals surface area contributed by atoms with Gasteiger partial charge in [-0.2, -0.15) is 0 Å². The van der Waals surface area contributed by atoms with Gasteiger partial charge in [-0.25, -0.2) is 0 Å². The number of aliphatic hydroxyl groups is 1. The summed E-state index contributed by atoms with van der Waals surface area (Å²) in [5.74, 6) is 1.45. The number of allylic oxidation sites excluding steroid dienone is 2. The minimum Gasteiger partial charge on any atom is -0.511 e. The van der Waals surface area contributed by atoms with E-state index in [9.17, 15) is 9.90 Å². The zero-order valence-electron chi connectivity index (χ0n) is 15.3. The van der Waals surface area contributed by atoms with E-state index in [0.29, 0.717) is 34.9 Å². The molecular weight excluding hydrogens is 348 g/mol. The first-order chi connectivity index (χ1) is 12.3. The van der Waals surface area contributed by atoms with Crippen molar-refractivity contribution in [2.45, 2.75) is 40.0 Å². The molecule has 3 nitrogen and oxygen atoms in total. The molecule has 0 saturated heterocycles. The maximum absolute atomic E-state index is 12.6. The number of benzene rings is 2. The van der Waals surface area contributed by atoms with Gasteiger partial charge in [-0.05, 0) is 60.4 Å². The van der Waals surface area contributed by atoms with Crippen LogP contribution in [0.2, 0.25) is 5.02 Å². The summed E-state index contributed by atoms with van der Waals surface area (Å²) in [5, 5.41) is 11.4. The van der Waals surface area contributed by atoms with Gasteiger partial charge in [0.2, 0.25) is 0 Å². The Kier molecular flexibility index (Phi) is 5.10. The number of ether oxygens (including phenoxy) is 1. The van der Waals surface area contributed by atoms with Crippen molar-refractivity contribution in [3.05, 3.63) is 64.4 Å². The molecule has 0 aromatic heterocycles. The van der Waals surface area contributed by atoms with Crippen LogP contribution in [0, 0.1) is 5.41 Å². The van der Waals surface area contributed by atoms with Crippen molar-refractivity contribution in [2.24, 2.45) is 5.41 Å². The van der Waals surface area contributed by atoms with E-state index in [-0.39, 0.29) is 11.5 Å². The molecule has 0 spiro atoms. The van der Waals surface area contributed by atoms with Crippen LogP contribution >= 0.6 is 11.6 Å². The smallest absolute Gasteiger partial charge is 0.166 e. The Morgan fingerprint density at radius 3 is 2.42 bits per heavy atom. The first-order valence-electron chi connectivity index (χ1n) is 8.85. The van der Waals surface area contributed by atoms with Crippen LogP contribution in [0.5, 0.6) is 11.5 Å². The maximum Gasteiger partial charge on any atom is 0.166 e. The van der Waals surface area contributed by atoms with Crippen molar-refractivity contribution >= 4 is 23.0 Å². The van der Waals surface area contributed by atoms with Crippen LogP contribution in [0.1, 0.15) is 44.7 Å². The highest BCUT2D eigenvalue weighted by atomic mass is 35.5. The van der Waals surface area contributed by atoms with Gasteiger partial charge in [0.15, 0.2) is 5.78 Å². The molecule has 2 aromatic rings. The highest BCUT2D eigenvalue weighted by Crippen LogP contribution is 2.42. The molecule has 2 aromatic carbocycles. The largest absolute Gasteiger partial charge is 0.511 e. The lowest BCUT2D eigenvalue weighted by molar-refractivity contribution is -0.115. The molecule has 0 heterocycles. The lowest BCUT2D eigenvalue weighted by Crippen LogP contribution is -2.25. The van der Waals surface area contributed by atoms with E-state index in [4.69, 9.17) is 16.3 Å². The minimum atomic E-state index is -0.401. The Morgan fingerprint density at radius 2 is 1.77 bits per heavy atom. The molecule has 0 amide bonds. The van der Waals surface area contributed by atoms with E-state index in [1.165, 1.54) is 0 Å². The Balaban J connectivity index is 2.06. The highest BCUT2D eigenvalue weighted by Gasteiger charge is 2.35. The third-order valence-electron chi connectivity index (χ3n) is 4.91. The molecule has 1 N–H and O–H groups in total. The summed E-state index contributed by atoms with van der Waals surface area (Å²) < 4.78 is 5.91. The van der Waals surface area contributed by atoms with Crippen LogP contribution in [0.4, 0.5) is 0 Å². The van der Waals surface area contributed by atoms with E-state index in [1.807, 2.05) is 39.0 Å². The standard InChI is InChI=1S/C22H23ClO3/c1-4-14-5-8-17(26-16-9-6-15(23)7-10-16)13-18(14)20-19(24)11-12-22(2,3)21(20)25/h5-10,13,25H,4,11-12H2,1-3H3. The van der Waals surface area contributed by atoms with Gasteiger partial charge in [-0.1, -0.05) is 38.4 Å². The van der Waals surface area contributed by atoms with Crippen molar-refractivity contribution in [1.82, 2.24) is 0 Å². The molecule has 1 aliphatic carbocycles. The van der Waals surface area contributed by atoms with Gasteiger partial charge in [-0.3, -0.25) is 4.79 Å². The number of carbonyl (C=O) groups excluding carboxylic acids is 1. The second-order valence-electron chi connectivity index (χ2n) is 7.26. The second kappa shape index (κ2) is 7.16.